The Balaban J connectivity index is 1.63. The van der Waals surface area contributed by atoms with Crippen LogP contribution in [0.25, 0.3) is 0 Å². The SMILES string of the molecule is CC(=O)NCc1ccnc([C@H]2CN(Cc3cnc[nH]3)CCO2)n1. The molecule has 0 spiro atoms. The first kappa shape index (κ1) is 15.6. The van der Waals surface area contributed by atoms with Gasteiger partial charge in [-0.05, 0) is 6.07 Å². The fourth-order valence-electron chi connectivity index (χ4n) is 2.50. The Labute approximate surface area is 134 Å². The van der Waals surface area contributed by atoms with Crippen LogP contribution in [0.3, 0.4) is 0 Å². The van der Waals surface area contributed by atoms with E-state index in [2.05, 4.69) is 30.2 Å². The predicted octanol–water partition coefficient (Wildman–Crippen LogP) is 0.409. The fraction of sp³-hybridized carbons (Fsp3) is 0.467. The molecule has 8 nitrogen and oxygen atoms in total. The van der Waals surface area contributed by atoms with Crippen LogP contribution >= 0.6 is 0 Å². The molecule has 8 heteroatoms. The van der Waals surface area contributed by atoms with Crippen LogP contribution in [0.2, 0.25) is 0 Å². The molecular formula is C15H20N6O2. The molecule has 0 saturated carbocycles. The van der Waals surface area contributed by atoms with Gasteiger partial charge >= 0.3 is 0 Å². The topological polar surface area (TPSA) is 96.0 Å². The highest BCUT2D eigenvalue weighted by Gasteiger charge is 2.24. The standard InChI is InChI=1S/C15H20N6O2/c1-11(22)18-7-12-2-3-17-15(20-12)14-9-21(4-5-23-14)8-13-6-16-10-19-13/h2-3,6,10,14H,4-5,7-9H2,1H3,(H,16,19)(H,18,22)/t14-/m1/s1. The number of H-pyrrole nitrogens is 1. The number of morpholine rings is 1. The van der Waals surface area contributed by atoms with Crippen LogP contribution in [-0.2, 0) is 22.6 Å². The summed E-state index contributed by atoms with van der Waals surface area (Å²) >= 11 is 0. The average Bonchev–Trinajstić information content (AvgIpc) is 3.06. The summed E-state index contributed by atoms with van der Waals surface area (Å²) in [6, 6.07) is 1.80. The molecule has 122 valence electrons. The third-order valence-electron chi connectivity index (χ3n) is 3.64. The zero-order chi connectivity index (χ0) is 16.1. The molecule has 0 aliphatic carbocycles. The number of aromatic nitrogens is 4. The van der Waals surface area contributed by atoms with Crippen LogP contribution in [0.4, 0.5) is 0 Å². The number of amides is 1. The Morgan fingerprint density at radius 2 is 2.48 bits per heavy atom. The largest absolute Gasteiger partial charge is 0.368 e. The lowest BCUT2D eigenvalue weighted by Gasteiger charge is -2.31. The first-order valence-electron chi connectivity index (χ1n) is 7.58. The van der Waals surface area contributed by atoms with Crippen molar-refractivity contribution in [1.82, 2.24) is 30.2 Å². The van der Waals surface area contributed by atoms with Crippen molar-refractivity contribution >= 4 is 5.91 Å². The molecule has 0 aromatic carbocycles. The zero-order valence-electron chi connectivity index (χ0n) is 13.0. The minimum atomic E-state index is -0.163. The average molecular weight is 316 g/mol. The molecule has 1 atom stereocenters. The lowest BCUT2D eigenvalue weighted by atomic mass is 10.2. The van der Waals surface area contributed by atoms with E-state index in [9.17, 15) is 4.79 Å². The minimum absolute atomic E-state index is 0.0789. The summed E-state index contributed by atoms with van der Waals surface area (Å²) in [6.45, 7) is 4.91. The van der Waals surface area contributed by atoms with Gasteiger partial charge in [-0.3, -0.25) is 9.69 Å². The van der Waals surface area contributed by atoms with Gasteiger partial charge in [-0.1, -0.05) is 0 Å². The van der Waals surface area contributed by atoms with Gasteiger partial charge in [0.1, 0.15) is 6.10 Å². The number of aromatic amines is 1. The fourth-order valence-corrected chi connectivity index (χ4v) is 2.50. The lowest BCUT2D eigenvalue weighted by Crippen LogP contribution is -2.38. The molecule has 2 aromatic heterocycles. The van der Waals surface area contributed by atoms with E-state index in [1.54, 1.807) is 18.6 Å². The molecule has 1 aliphatic heterocycles. The Bertz CT molecular complexity index is 645. The van der Waals surface area contributed by atoms with E-state index in [1.165, 1.54) is 6.92 Å². The molecule has 0 radical (unpaired) electrons. The first-order chi connectivity index (χ1) is 11.2. The van der Waals surface area contributed by atoms with Crippen LogP contribution in [0.5, 0.6) is 0 Å². The second kappa shape index (κ2) is 7.30. The highest BCUT2D eigenvalue weighted by atomic mass is 16.5. The maximum Gasteiger partial charge on any atom is 0.217 e. The van der Waals surface area contributed by atoms with Crippen molar-refractivity contribution in [2.75, 3.05) is 19.7 Å². The van der Waals surface area contributed by atoms with Crippen molar-refractivity contribution in [2.24, 2.45) is 0 Å². The monoisotopic (exact) mass is 316 g/mol. The molecule has 1 amide bonds. The second-order valence-electron chi connectivity index (χ2n) is 5.49. The van der Waals surface area contributed by atoms with Gasteiger partial charge in [0.05, 0.1) is 25.2 Å². The van der Waals surface area contributed by atoms with Crippen LogP contribution in [0.15, 0.2) is 24.8 Å². The number of carbonyl (C=O) groups excluding carboxylic acids is 1. The molecule has 3 heterocycles. The Kier molecular flexibility index (Phi) is 4.94. The van der Waals surface area contributed by atoms with Crippen molar-refractivity contribution in [2.45, 2.75) is 26.1 Å². The summed E-state index contributed by atoms with van der Waals surface area (Å²) in [5.74, 6) is 0.576. The third kappa shape index (κ3) is 4.33. The number of hydrogen-bond donors (Lipinski definition) is 2. The van der Waals surface area contributed by atoms with E-state index in [4.69, 9.17) is 4.74 Å². The number of nitrogens with one attached hydrogen (secondary N) is 2. The number of rotatable bonds is 5. The summed E-state index contributed by atoms with van der Waals surface area (Å²) in [4.78, 5) is 29.3. The molecular weight excluding hydrogens is 296 g/mol. The van der Waals surface area contributed by atoms with Gasteiger partial charge in [0.25, 0.3) is 0 Å². The smallest absolute Gasteiger partial charge is 0.217 e. The summed E-state index contributed by atoms with van der Waals surface area (Å²) < 4.78 is 5.81. The number of hydrogen-bond acceptors (Lipinski definition) is 6. The van der Waals surface area contributed by atoms with Gasteiger partial charge in [0.15, 0.2) is 5.82 Å². The number of ether oxygens (including phenoxy) is 1. The maximum absolute atomic E-state index is 11.0. The van der Waals surface area contributed by atoms with Gasteiger partial charge < -0.3 is 15.0 Å². The van der Waals surface area contributed by atoms with Crippen LogP contribution in [-0.4, -0.2) is 50.4 Å². The van der Waals surface area contributed by atoms with Crippen molar-refractivity contribution < 1.29 is 9.53 Å². The third-order valence-corrected chi connectivity index (χ3v) is 3.64. The summed E-state index contributed by atoms with van der Waals surface area (Å²) in [7, 11) is 0. The molecule has 0 unspecified atom stereocenters. The van der Waals surface area contributed by atoms with Gasteiger partial charge in [0.2, 0.25) is 5.91 Å². The van der Waals surface area contributed by atoms with Crippen LogP contribution < -0.4 is 5.32 Å². The molecule has 0 bridgehead atoms. The summed E-state index contributed by atoms with van der Waals surface area (Å²) in [5.41, 5.74) is 1.85. The summed E-state index contributed by atoms with van der Waals surface area (Å²) in [6.07, 6.45) is 5.05. The van der Waals surface area contributed by atoms with Crippen molar-refractivity contribution in [3.63, 3.8) is 0 Å². The first-order valence-corrected chi connectivity index (χ1v) is 7.58. The van der Waals surface area contributed by atoms with Crippen molar-refractivity contribution in [3.8, 4) is 0 Å². The number of nitrogens with zero attached hydrogens (tertiary/aromatic N) is 4. The van der Waals surface area contributed by atoms with E-state index in [1.807, 2.05) is 6.20 Å². The van der Waals surface area contributed by atoms with Gasteiger partial charge in [-0.2, -0.15) is 0 Å². The molecule has 2 N–H and O–H groups in total. The van der Waals surface area contributed by atoms with Crippen molar-refractivity contribution in [3.05, 3.63) is 42.0 Å². The molecule has 1 aliphatic rings. The predicted molar refractivity (Wildman–Crippen MR) is 82.1 cm³/mol. The van der Waals surface area contributed by atoms with E-state index in [0.717, 1.165) is 31.0 Å². The number of imidazole rings is 1. The molecule has 23 heavy (non-hydrogen) atoms. The van der Waals surface area contributed by atoms with Gasteiger partial charge in [-0.15, -0.1) is 0 Å². The van der Waals surface area contributed by atoms with Crippen LogP contribution in [0.1, 0.15) is 30.2 Å². The Hall–Kier alpha value is -2.32. The number of carbonyl (C=O) groups is 1. The lowest BCUT2D eigenvalue weighted by molar-refractivity contribution is -0.119. The van der Waals surface area contributed by atoms with Gasteiger partial charge in [0, 0.05) is 44.6 Å². The van der Waals surface area contributed by atoms with E-state index < -0.39 is 0 Å². The second-order valence-corrected chi connectivity index (χ2v) is 5.49. The zero-order valence-corrected chi connectivity index (χ0v) is 13.0. The Morgan fingerprint density at radius 3 is 3.26 bits per heavy atom. The van der Waals surface area contributed by atoms with Gasteiger partial charge in [-0.25, -0.2) is 15.0 Å². The van der Waals surface area contributed by atoms with E-state index >= 15 is 0 Å². The summed E-state index contributed by atoms with van der Waals surface area (Å²) in [5, 5.41) is 2.74. The van der Waals surface area contributed by atoms with Crippen molar-refractivity contribution in [1.29, 1.82) is 0 Å². The molecule has 1 saturated heterocycles. The molecule has 2 aromatic rings. The minimum Gasteiger partial charge on any atom is -0.368 e. The van der Waals surface area contributed by atoms with E-state index in [-0.39, 0.29) is 12.0 Å². The highest BCUT2D eigenvalue weighted by Crippen LogP contribution is 2.20. The Morgan fingerprint density at radius 1 is 1.57 bits per heavy atom. The quantitative estimate of drug-likeness (QED) is 0.829. The van der Waals surface area contributed by atoms with E-state index in [0.29, 0.717) is 19.0 Å². The van der Waals surface area contributed by atoms with Crippen LogP contribution in [0, 0.1) is 0 Å². The highest BCUT2D eigenvalue weighted by molar-refractivity contribution is 5.72. The maximum atomic E-state index is 11.0. The molecule has 3 rings (SSSR count). The molecule has 1 fully saturated rings. The normalized spacial score (nSPS) is 18.7.